The minimum Gasteiger partial charge on any atom is -0.340 e. The first kappa shape index (κ1) is 8.26. The molecule has 0 radical (unpaired) electrons. The van der Waals surface area contributed by atoms with Crippen LogP contribution in [0.15, 0.2) is 30.3 Å². The van der Waals surface area contributed by atoms with Crippen molar-refractivity contribution in [3.05, 3.63) is 36.0 Å². The lowest BCUT2D eigenvalue weighted by molar-refractivity contribution is 0.755. The van der Waals surface area contributed by atoms with Crippen molar-refractivity contribution in [1.82, 2.24) is 4.57 Å². The van der Waals surface area contributed by atoms with Crippen LogP contribution in [0, 0.1) is 0 Å². The third-order valence-electron chi connectivity index (χ3n) is 2.93. The Morgan fingerprint density at radius 3 is 2.93 bits per heavy atom. The van der Waals surface area contributed by atoms with Gasteiger partial charge in [0.1, 0.15) is 0 Å². The fourth-order valence-corrected chi connectivity index (χ4v) is 2.49. The molecule has 1 aliphatic rings. The van der Waals surface area contributed by atoms with Crippen LogP contribution in [0.3, 0.4) is 0 Å². The minimum atomic E-state index is 1.03. The molecule has 0 N–H and O–H groups in total. The van der Waals surface area contributed by atoms with E-state index in [1.807, 2.05) is 0 Å². The number of fused-ring (bicyclic) bond motifs is 3. The van der Waals surface area contributed by atoms with Crippen LogP contribution in [0.2, 0.25) is 0 Å². The summed E-state index contributed by atoms with van der Waals surface area (Å²) in [5.41, 5.74) is 2.83. The molecule has 2 heteroatoms. The van der Waals surface area contributed by atoms with Crippen molar-refractivity contribution in [1.29, 1.82) is 0 Å². The lowest BCUT2D eigenvalue weighted by atomic mass is 10.1. The molecule has 14 heavy (non-hydrogen) atoms. The van der Waals surface area contributed by atoms with Gasteiger partial charge in [-0.2, -0.15) is 0 Å². The molecule has 0 saturated heterocycles. The lowest BCUT2D eigenvalue weighted by Crippen LogP contribution is -2.17. The zero-order valence-electron chi connectivity index (χ0n) is 7.96. The van der Waals surface area contributed by atoms with Gasteiger partial charge >= 0.3 is 0 Å². The summed E-state index contributed by atoms with van der Waals surface area (Å²) in [5, 5.41) is 2.77. The van der Waals surface area contributed by atoms with E-state index < -0.39 is 0 Å². The van der Waals surface area contributed by atoms with Crippen LogP contribution < -0.4 is 0 Å². The second kappa shape index (κ2) is 2.96. The number of hydrogen-bond acceptors (Lipinski definition) is 0. The summed E-state index contributed by atoms with van der Waals surface area (Å²) in [4.78, 5) is 0. The number of aromatic nitrogens is 1. The minimum absolute atomic E-state index is 1.03. The third kappa shape index (κ3) is 1.13. The quantitative estimate of drug-likeness (QED) is 0.577. The Labute approximate surface area is 85.6 Å². The highest BCUT2D eigenvalue weighted by Gasteiger charge is 2.14. The summed E-state index contributed by atoms with van der Waals surface area (Å²) in [6, 6.07) is 10.9. The van der Waals surface area contributed by atoms with Crippen LogP contribution in [-0.2, 0) is 13.0 Å². The molecule has 0 amide bonds. The molecule has 1 aromatic carbocycles. The van der Waals surface area contributed by atoms with E-state index in [2.05, 4.69) is 43.8 Å². The van der Waals surface area contributed by atoms with Crippen molar-refractivity contribution < 1.29 is 0 Å². The zero-order valence-corrected chi connectivity index (χ0v) is 8.96. The Morgan fingerprint density at radius 2 is 2.00 bits per heavy atom. The molecule has 0 atom stereocenters. The second-order valence-corrected chi connectivity index (χ2v) is 4.59. The summed E-state index contributed by atoms with van der Waals surface area (Å²) in [6.45, 7) is 1.03. The number of nitrogens with zero attached hydrogens (tertiary/aromatic N) is 1. The molecule has 70 valence electrons. The summed E-state index contributed by atoms with van der Waals surface area (Å²) < 4.78 is 2.40. The van der Waals surface area contributed by atoms with Crippen molar-refractivity contribution >= 4 is 25.1 Å². The standard InChI is InChI=1S/C12H12NP/c14-11-6-5-10-7-9-3-1-2-4-12(9)13(10)8-11/h1-4,7,14H,5-6,8H2. The third-order valence-corrected chi connectivity index (χ3v) is 3.34. The molecule has 0 unspecified atom stereocenters. The molecular formula is C12H12NP. The van der Waals surface area contributed by atoms with E-state index in [0.717, 1.165) is 13.0 Å². The van der Waals surface area contributed by atoms with Crippen LogP contribution in [0.25, 0.3) is 10.9 Å². The molecule has 0 spiro atoms. The number of hydrogen-bond donors (Lipinski definition) is 0. The molecule has 2 aromatic rings. The maximum Gasteiger partial charge on any atom is 0.0485 e. The molecule has 1 nitrogen and oxygen atoms in total. The molecule has 1 aliphatic heterocycles. The first-order chi connectivity index (χ1) is 6.84. The predicted octanol–water partition coefficient (Wildman–Crippen LogP) is 2.90. The molecule has 3 rings (SSSR count). The Hall–Kier alpha value is -1.07. The summed E-state index contributed by atoms with van der Waals surface area (Å²) >= 11 is 0. The second-order valence-electron chi connectivity index (χ2n) is 3.88. The van der Waals surface area contributed by atoms with Crippen molar-refractivity contribution in [2.24, 2.45) is 0 Å². The van der Waals surface area contributed by atoms with Gasteiger partial charge in [-0.15, -0.1) is 8.86 Å². The number of para-hydroxylation sites is 1. The van der Waals surface area contributed by atoms with Crippen LogP contribution in [-0.4, -0.2) is 9.86 Å². The number of rotatable bonds is 0. The van der Waals surface area contributed by atoms with Crippen LogP contribution >= 0.6 is 8.86 Å². The van der Waals surface area contributed by atoms with E-state index >= 15 is 0 Å². The van der Waals surface area contributed by atoms with E-state index in [9.17, 15) is 0 Å². The highest BCUT2D eigenvalue weighted by Crippen LogP contribution is 2.24. The summed E-state index contributed by atoms with van der Waals surface area (Å²) in [6.07, 6.45) is 2.33. The Morgan fingerprint density at radius 1 is 1.14 bits per heavy atom. The maximum absolute atomic E-state index is 3.67. The van der Waals surface area contributed by atoms with Gasteiger partial charge in [-0.05, 0) is 35.7 Å². The molecule has 0 bridgehead atoms. The van der Waals surface area contributed by atoms with Gasteiger partial charge in [0.05, 0.1) is 0 Å². The Kier molecular flexibility index (Phi) is 1.75. The molecule has 0 aliphatic carbocycles. The highest BCUT2D eigenvalue weighted by molar-refractivity contribution is 7.21. The summed E-state index contributed by atoms with van der Waals surface area (Å²) in [5.74, 6) is 0. The zero-order chi connectivity index (χ0) is 9.54. The Bertz CT molecular complexity index is 510. The van der Waals surface area contributed by atoms with Crippen LogP contribution in [0.4, 0.5) is 0 Å². The maximum atomic E-state index is 3.67. The molecule has 2 heterocycles. The van der Waals surface area contributed by atoms with Gasteiger partial charge < -0.3 is 4.57 Å². The van der Waals surface area contributed by atoms with E-state index in [1.165, 1.54) is 28.3 Å². The first-order valence-corrected chi connectivity index (χ1v) is 5.48. The molecule has 0 saturated carbocycles. The normalized spacial score (nSPS) is 15.9. The molecular weight excluding hydrogens is 189 g/mol. The van der Waals surface area contributed by atoms with Crippen LogP contribution in [0.1, 0.15) is 12.1 Å². The SMILES string of the molecule is P=C1CCc2cc3ccccc3n2C1. The van der Waals surface area contributed by atoms with Gasteiger partial charge in [0.15, 0.2) is 0 Å². The first-order valence-electron chi connectivity index (χ1n) is 4.98. The van der Waals surface area contributed by atoms with Gasteiger partial charge in [-0.3, -0.25) is 0 Å². The van der Waals surface area contributed by atoms with E-state index in [1.54, 1.807) is 0 Å². The van der Waals surface area contributed by atoms with E-state index in [-0.39, 0.29) is 0 Å². The largest absolute Gasteiger partial charge is 0.340 e. The fourth-order valence-electron chi connectivity index (χ4n) is 2.21. The van der Waals surface area contributed by atoms with E-state index in [4.69, 9.17) is 0 Å². The van der Waals surface area contributed by atoms with Crippen molar-refractivity contribution in [2.45, 2.75) is 19.4 Å². The van der Waals surface area contributed by atoms with Gasteiger partial charge in [0.25, 0.3) is 0 Å². The predicted molar refractivity (Wildman–Crippen MR) is 63.6 cm³/mol. The van der Waals surface area contributed by atoms with E-state index in [0.29, 0.717) is 0 Å². The monoisotopic (exact) mass is 201 g/mol. The Balaban J connectivity index is 2.30. The highest BCUT2D eigenvalue weighted by atomic mass is 31.0. The van der Waals surface area contributed by atoms with Gasteiger partial charge in [0.2, 0.25) is 0 Å². The topological polar surface area (TPSA) is 4.93 Å². The van der Waals surface area contributed by atoms with Crippen molar-refractivity contribution in [2.75, 3.05) is 0 Å². The molecule has 0 fully saturated rings. The number of benzene rings is 1. The van der Waals surface area contributed by atoms with Crippen molar-refractivity contribution in [3.63, 3.8) is 0 Å². The number of aryl methyl sites for hydroxylation is 1. The van der Waals surface area contributed by atoms with Gasteiger partial charge in [-0.25, -0.2) is 0 Å². The smallest absolute Gasteiger partial charge is 0.0485 e. The summed E-state index contributed by atoms with van der Waals surface area (Å²) in [7, 11) is 3.67. The lowest BCUT2D eigenvalue weighted by Gasteiger charge is -2.17. The van der Waals surface area contributed by atoms with Crippen molar-refractivity contribution in [3.8, 4) is 0 Å². The average Bonchev–Trinajstić information content (AvgIpc) is 2.56. The van der Waals surface area contributed by atoms with Crippen LogP contribution in [0.5, 0.6) is 0 Å². The fraction of sp³-hybridized carbons (Fsp3) is 0.250. The average molecular weight is 201 g/mol. The van der Waals surface area contributed by atoms with Gasteiger partial charge in [0, 0.05) is 17.8 Å². The van der Waals surface area contributed by atoms with Gasteiger partial charge in [-0.1, -0.05) is 18.2 Å². The molecule has 1 aromatic heterocycles.